The van der Waals surface area contributed by atoms with Gasteiger partial charge in [0.2, 0.25) is 15.9 Å². The predicted octanol–water partition coefficient (Wildman–Crippen LogP) is 3.19. The lowest BCUT2D eigenvalue weighted by molar-refractivity contribution is -0.114. The van der Waals surface area contributed by atoms with Crippen LogP contribution in [-0.2, 0) is 14.8 Å². The van der Waals surface area contributed by atoms with Crippen LogP contribution >= 0.6 is 11.6 Å². The molecule has 128 valence electrons. The van der Waals surface area contributed by atoms with E-state index in [2.05, 4.69) is 5.32 Å². The van der Waals surface area contributed by atoms with Gasteiger partial charge in [-0.05, 0) is 36.8 Å². The van der Waals surface area contributed by atoms with Gasteiger partial charge in [-0.3, -0.25) is 9.10 Å². The SMILES string of the molecule is Cc1ccccc1N(CC(=O)Nc1ccc(F)c(Cl)c1)S(C)(=O)=O. The number of nitrogens with one attached hydrogen (secondary N) is 1. The van der Waals surface area contributed by atoms with Crippen LogP contribution in [0.3, 0.4) is 0 Å². The molecule has 2 rings (SSSR count). The third-order valence-electron chi connectivity index (χ3n) is 3.28. The number of aryl methyl sites for hydroxylation is 1. The number of benzene rings is 2. The van der Waals surface area contributed by atoms with Crippen LogP contribution in [0, 0.1) is 12.7 Å². The summed E-state index contributed by atoms with van der Waals surface area (Å²) in [6.07, 6.45) is 1.03. The van der Waals surface area contributed by atoms with Gasteiger partial charge in [-0.1, -0.05) is 29.8 Å². The summed E-state index contributed by atoms with van der Waals surface area (Å²) < 4.78 is 38.2. The van der Waals surface area contributed by atoms with Gasteiger partial charge in [0.1, 0.15) is 12.4 Å². The van der Waals surface area contributed by atoms with Crippen molar-refractivity contribution >= 4 is 38.9 Å². The summed E-state index contributed by atoms with van der Waals surface area (Å²) in [5.41, 5.74) is 1.43. The van der Waals surface area contributed by atoms with E-state index in [1.54, 1.807) is 31.2 Å². The molecule has 8 heteroatoms. The Kier molecular flexibility index (Phi) is 5.46. The number of sulfonamides is 1. The number of hydrogen-bond acceptors (Lipinski definition) is 3. The van der Waals surface area contributed by atoms with Crippen molar-refractivity contribution in [3.63, 3.8) is 0 Å². The molecule has 0 aromatic heterocycles. The molecule has 0 aliphatic rings. The average Bonchev–Trinajstić information content (AvgIpc) is 2.48. The number of carbonyl (C=O) groups is 1. The third kappa shape index (κ3) is 4.46. The van der Waals surface area contributed by atoms with E-state index in [1.165, 1.54) is 12.1 Å². The van der Waals surface area contributed by atoms with Gasteiger partial charge in [0.15, 0.2) is 0 Å². The molecule has 1 N–H and O–H groups in total. The summed E-state index contributed by atoms with van der Waals surface area (Å²) in [6, 6.07) is 10.6. The number of nitrogens with zero attached hydrogens (tertiary/aromatic N) is 1. The lowest BCUT2D eigenvalue weighted by atomic mass is 10.2. The summed E-state index contributed by atoms with van der Waals surface area (Å²) >= 11 is 5.66. The van der Waals surface area contributed by atoms with E-state index in [4.69, 9.17) is 11.6 Å². The van der Waals surface area contributed by atoms with Crippen molar-refractivity contribution in [1.29, 1.82) is 0 Å². The van der Waals surface area contributed by atoms with Crippen LogP contribution in [0.25, 0.3) is 0 Å². The molecule has 2 aromatic rings. The highest BCUT2D eigenvalue weighted by atomic mass is 35.5. The molecule has 1 amide bonds. The first-order valence-corrected chi connectivity index (χ1v) is 9.19. The molecule has 0 heterocycles. The Bertz CT molecular complexity index is 871. The molecule has 0 radical (unpaired) electrons. The number of halogens is 2. The number of rotatable bonds is 5. The van der Waals surface area contributed by atoms with Crippen molar-refractivity contribution in [2.45, 2.75) is 6.92 Å². The van der Waals surface area contributed by atoms with Gasteiger partial charge in [-0.2, -0.15) is 0 Å². The second-order valence-electron chi connectivity index (χ2n) is 5.23. The van der Waals surface area contributed by atoms with Crippen molar-refractivity contribution in [3.8, 4) is 0 Å². The van der Waals surface area contributed by atoms with Crippen molar-refractivity contribution < 1.29 is 17.6 Å². The molecule has 0 atom stereocenters. The maximum absolute atomic E-state index is 13.1. The smallest absolute Gasteiger partial charge is 0.245 e. The maximum atomic E-state index is 13.1. The Morgan fingerprint density at radius 1 is 1.25 bits per heavy atom. The van der Waals surface area contributed by atoms with E-state index < -0.39 is 28.3 Å². The molecule has 0 fully saturated rings. The van der Waals surface area contributed by atoms with Gasteiger partial charge in [-0.15, -0.1) is 0 Å². The van der Waals surface area contributed by atoms with Crippen LogP contribution in [0.1, 0.15) is 5.56 Å². The standard InChI is InChI=1S/C16H16ClFN2O3S/c1-11-5-3-4-6-15(11)20(24(2,22)23)10-16(21)19-12-7-8-14(18)13(17)9-12/h3-9H,10H2,1-2H3,(H,19,21). The van der Waals surface area contributed by atoms with E-state index in [9.17, 15) is 17.6 Å². The van der Waals surface area contributed by atoms with Gasteiger partial charge in [0, 0.05) is 5.69 Å². The molecule has 0 bridgehead atoms. The fourth-order valence-electron chi connectivity index (χ4n) is 2.13. The Morgan fingerprint density at radius 2 is 1.92 bits per heavy atom. The third-order valence-corrected chi connectivity index (χ3v) is 4.69. The monoisotopic (exact) mass is 370 g/mol. The normalized spacial score (nSPS) is 11.2. The number of carbonyl (C=O) groups excluding carboxylic acids is 1. The Morgan fingerprint density at radius 3 is 2.50 bits per heavy atom. The molecule has 24 heavy (non-hydrogen) atoms. The molecule has 0 spiro atoms. The van der Waals surface area contributed by atoms with Gasteiger partial charge in [0.25, 0.3) is 0 Å². The molecule has 0 unspecified atom stereocenters. The predicted molar refractivity (Wildman–Crippen MR) is 93.4 cm³/mol. The van der Waals surface area contributed by atoms with Crippen LogP contribution in [-0.4, -0.2) is 27.1 Å². The van der Waals surface area contributed by atoms with Crippen LogP contribution in [0.2, 0.25) is 5.02 Å². The quantitative estimate of drug-likeness (QED) is 0.878. The fourth-order valence-corrected chi connectivity index (χ4v) is 3.22. The number of anilines is 2. The maximum Gasteiger partial charge on any atom is 0.245 e. The van der Waals surface area contributed by atoms with Crippen molar-refractivity contribution in [3.05, 3.63) is 58.9 Å². The van der Waals surface area contributed by atoms with E-state index in [0.29, 0.717) is 5.69 Å². The van der Waals surface area contributed by atoms with E-state index >= 15 is 0 Å². The molecule has 5 nitrogen and oxygen atoms in total. The molecule has 0 saturated heterocycles. The highest BCUT2D eigenvalue weighted by Crippen LogP contribution is 2.23. The zero-order chi connectivity index (χ0) is 17.9. The van der Waals surface area contributed by atoms with Crippen LogP contribution in [0.4, 0.5) is 15.8 Å². The minimum atomic E-state index is -3.66. The van der Waals surface area contributed by atoms with Gasteiger partial charge in [-0.25, -0.2) is 12.8 Å². The van der Waals surface area contributed by atoms with Crippen molar-refractivity contribution in [2.24, 2.45) is 0 Å². The zero-order valence-electron chi connectivity index (χ0n) is 13.1. The number of amides is 1. The molecule has 0 aliphatic carbocycles. The lowest BCUT2D eigenvalue weighted by Crippen LogP contribution is -2.37. The summed E-state index contributed by atoms with van der Waals surface area (Å²) in [4.78, 5) is 12.2. The highest BCUT2D eigenvalue weighted by Gasteiger charge is 2.22. The first kappa shape index (κ1) is 18.2. The van der Waals surface area contributed by atoms with E-state index in [0.717, 1.165) is 22.2 Å². The van der Waals surface area contributed by atoms with E-state index in [-0.39, 0.29) is 10.7 Å². The highest BCUT2D eigenvalue weighted by molar-refractivity contribution is 7.92. The van der Waals surface area contributed by atoms with Gasteiger partial charge in [0.05, 0.1) is 17.0 Å². The lowest BCUT2D eigenvalue weighted by Gasteiger charge is -2.23. The molecule has 2 aromatic carbocycles. The summed E-state index contributed by atoms with van der Waals surface area (Å²) in [5, 5.41) is 2.37. The number of hydrogen-bond donors (Lipinski definition) is 1. The Hall–Kier alpha value is -2.12. The molecular weight excluding hydrogens is 355 g/mol. The average molecular weight is 371 g/mol. The Labute approximate surface area is 145 Å². The van der Waals surface area contributed by atoms with Gasteiger partial charge >= 0.3 is 0 Å². The largest absolute Gasteiger partial charge is 0.324 e. The minimum Gasteiger partial charge on any atom is -0.324 e. The van der Waals surface area contributed by atoms with Gasteiger partial charge < -0.3 is 5.32 Å². The number of para-hydroxylation sites is 1. The van der Waals surface area contributed by atoms with Crippen molar-refractivity contribution in [2.75, 3.05) is 22.4 Å². The second kappa shape index (κ2) is 7.19. The van der Waals surface area contributed by atoms with Crippen LogP contribution in [0.15, 0.2) is 42.5 Å². The van der Waals surface area contributed by atoms with Crippen LogP contribution < -0.4 is 9.62 Å². The second-order valence-corrected chi connectivity index (χ2v) is 7.55. The summed E-state index contributed by atoms with van der Waals surface area (Å²) in [6.45, 7) is 1.35. The van der Waals surface area contributed by atoms with Crippen LogP contribution in [0.5, 0.6) is 0 Å². The molecule has 0 aliphatic heterocycles. The summed E-state index contributed by atoms with van der Waals surface area (Å²) in [7, 11) is -3.66. The summed E-state index contributed by atoms with van der Waals surface area (Å²) in [5.74, 6) is -1.17. The topological polar surface area (TPSA) is 66.5 Å². The first-order valence-electron chi connectivity index (χ1n) is 6.97. The molecular formula is C16H16ClFN2O3S. The molecule has 0 saturated carbocycles. The minimum absolute atomic E-state index is 0.133. The van der Waals surface area contributed by atoms with Crippen molar-refractivity contribution in [1.82, 2.24) is 0 Å². The first-order chi connectivity index (χ1) is 11.2. The fraction of sp³-hybridized carbons (Fsp3) is 0.188. The Balaban J connectivity index is 2.22. The van der Waals surface area contributed by atoms with E-state index in [1.807, 2.05) is 0 Å². The zero-order valence-corrected chi connectivity index (χ0v) is 14.7.